The van der Waals surface area contributed by atoms with Crippen LogP contribution >= 0.6 is 0 Å². The zero-order valence-corrected chi connectivity index (χ0v) is 22.1. The predicted octanol–water partition coefficient (Wildman–Crippen LogP) is 4.02. The molecule has 0 aliphatic carbocycles. The van der Waals surface area contributed by atoms with Crippen molar-refractivity contribution in [2.75, 3.05) is 32.6 Å². The number of primary amides is 1. The maximum atomic E-state index is 12.3. The lowest BCUT2D eigenvalue weighted by atomic mass is 10.0. The van der Waals surface area contributed by atoms with Crippen molar-refractivity contribution >= 4 is 34.1 Å². The molecule has 0 saturated heterocycles. The summed E-state index contributed by atoms with van der Waals surface area (Å²) in [6.45, 7) is 6.63. The Kier molecular flexibility index (Phi) is 9.30. The zero-order chi connectivity index (χ0) is 27.1. The predicted molar refractivity (Wildman–Crippen MR) is 144 cm³/mol. The minimum Gasteiger partial charge on any atom is -0.493 e. The summed E-state index contributed by atoms with van der Waals surface area (Å²) in [5.41, 5.74) is 9.53. The van der Waals surface area contributed by atoms with Crippen molar-refractivity contribution < 1.29 is 24.2 Å². The number of nitrogens with two attached hydrogens (primary N) is 1. The molecule has 1 aromatic heterocycles. The molecule has 9 heteroatoms. The molecule has 0 atom stereocenters. The number of methoxy groups -OCH3 is 1. The van der Waals surface area contributed by atoms with Crippen LogP contribution in [-0.2, 0) is 17.8 Å². The number of nitrogens with one attached hydrogen (secondary N) is 1. The van der Waals surface area contributed by atoms with Crippen LogP contribution in [0.15, 0.2) is 36.5 Å². The number of carbonyl (C=O) groups excluding carboxylic acids is 2. The Balaban J connectivity index is 1.94. The van der Waals surface area contributed by atoms with Crippen molar-refractivity contribution in [2.24, 2.45) is 11.7 Å². The van der Waals surface area contributed by atoms with Gasteiger partial charge in [-0.1, -0.05) is 32.9 Å². The van der Waals surface area contributed by atoms with Gasteiger partial charge in [0.1, 0.15) is 0 Å². The number of aromatic nitrogens is 1. The smallest absolute Gasteiger partial charge is 0.252 e. The molecule has 198 valence electrons. The van der Waals surface area contributed by atoms with Gasteiger partial charge < -0.3 is 30.5 Å². The zero-order valence-electron chi connectivity index (χ0n) is 22.1. The normalized spacial score (nSPS) is 11.0. The minimum absolute atomic E-state index is 0.0507. The van der Waals surface area contributed by atoms with Crippen molar-refractivity contribution in [3.05, 3.63) is 53.2 Å². The summed E-state index contributed by atoms with van der Waals surface area (Å²) in [4.78, 5) is 30.5. The molecular formula is C28H36N4O5. The average molecular weight is 509 g/mol. The van der Waals surface area contributed by atoms with Gasteiger partial charge >= 0.3 is 0 Å². The number of rotatable bonds is 12. The first-order chi connectivity index (χ1) is 17.7. The van der Waals surface area contributed by atoms with Gasteiger partial charge in [0.05, 0.1) is 37.1 Å². The van der Waals surface area contributed by atoms with E-state index in [4.69, 9.17) is 15.2 Å². The van der Waals surface area contributed by atoms with E-state index < -0.39 is 5.91 Å². The van der Waals surface area contributed by atoms with Crippen molar-refractivity contribution in [3.63, 3.8) is 0 Å². The largest absolute Gasteiger partial charge is 0.493 e. The third-order valence-corrected chi connectivity index (χ3v) is 6.24. The highest BCUT2D eigenvalue weighted by Crippen LogP contribution is 2.38. The Morgan fingerprint density at radius 1 is 1.22 bits per heavy atom. The summed E-state index contributed by atoms with van der Waals surface area (Å²) in [6, 6.07) is 9.14. The molecule has 0 aliphatic rings. The monoisotopic (exact) mass is 508 g/mol. The van der Waals surface area contributed by atoms with Crippen molar-refractivity contribution in [1.82, 2.24) is 9.88 Å². The van der Waals surface area contributed by atoms with Crippen LogP contribution in [0.3, 0.4) is 0 Å². The topological polar surface area (TPSA) is 127 Å². The Morgan fingerprint density at radius 2 is 1.97 bits per heavy atom. The summed E-state index contributed by atoms with van der Waals surface area (Å²) in [5, 5.41) is 13.8. The fourth-order valence-electron chi connectivity index (χ4n) is 4.28. The molecule has 0 aliphatic heterocycles. The first-order valence-electron chi connectivity index (χ1n) is 12.4. The van der Waals surface area contributed by atoms with Crippen molar-refractivity contribution in [1.29, 1.82) is 0 Å². The second-order valence-electron chi connectivity index (χ2n) is 9.13. The maximum Gasteiger partial charge on any atom is 0.252 e. The molecule has 0 unspecified atom stereocenters. The van der Waals surface area contributed by atoms with E-state index in [0.717, 1.165) is 16.8 Å². The summed E-state index contributed by atoms with van der Waals surface area (Å²) < 4.78 is 11.6. The number of pyridine rings is 1. The van der Waals surface area contributed by atoms with Gasteiger partial charge in [-0.05, 0) is 36.1 Å². The number of hydrogen-bond donors (Lipinski definition) is 3. The van der Waals surface area contributed by atoms with Crippen molar-refractivity contribution in [3.8, 4) is 11.5 Å². The summed E-state index contributed by atoms with van der Waals surface area (Å²) in [7, 11) is 3.33. The highest BCUT2D eigenvalue weighted by Gasteiger charge is 2.19. The molecule has 0 radical (unpaired) electrons. The van der Waals surface area contributed by atoms with Crippen LogP contribution in [0.5, 0.6) is 11.5 Å². The van der Waals surface area contributed by atoms with Gasteiger partial charge in [0.15, 0.2) is 11.5 Å². The number of anilines is 2. The van der Waals surface area contributed by atoms with Gasteiger partial charge in [-0.3, -0.25) is 14.6 Å². The van der Waals surface area contributed by atoms with Gasteiger partial charge in [0.25, 0.3) is 5.91 Å². The molecule has 2 amide bonds. The Morgan fingerprint density at radius 3 is 2.59 bits per heavy atom. The summed E-state index contributed by atoms with van der Waals surface area (Å²) in [5.74, 6) is 0.409. The number of aliphatic hydroxyl groups is 1. The first-order valence-corrected chi connectivity index (χ1v) is 12.4. The average Bonchev–Trinajstić information content (AvgIpc) is 2.89. The molecule has 3 aromatic rings. The van der Waals surface area contributed by atoms with E-state index in [1.807, 2.05) is 39.0 Å². The second kappa shape index (κ2) is 12.4. The quantitative estimate of drug-likeness (QED) is 0.315. The number of hydrogen-bond acceptors (Lipinski definition) is 7. The molecule has 1 heterocycles. The van der Waals surface area contributed by atoms with Crippen LogP contribution in [-0.4, -0.2) is 54.1 Å². The summed E-state index contributed by atoms with van der Waals surface area (Å²) in [6.07, 6.45) is 2.78. The lowest BCUT2D eigenvalue weighted by Gasteiger charge is -2.20. The summed E-state index contributed by atoms with van der Waals surface area (Å²) >= 11 is 0. The van der Waals surface area contributed by atoms with Crippen LogP contribution < -0.4 is 20.5 Å². The van der Waals surface area contributed by atoms with Gasteiger partial charge in [-0.2, -0.15) is 0 Å². The van der Waals surface area contributed by atoms with E-state index in [9.17, 15) is 14.7 Å². The van der Waals surface area contributed by atoms with Gasteiger partial charge in [0.2, 0.25) is 5.91 Å². The first kappa shape index (κ1) is 27.7. The number of aliphatic hydroxyl groups excluding tert-OH is 1. The fourth-order valence-corrected chi connectivity index (χ4v) is 4.28. The van der Waals surface area contributed by atoms with Crippen LogP contribution in [0.2, 0.25) is 0 Å². The standard InChI is InChI=1S/C28H36N4O5/c1-6-19-18(16-33)9-7-10-22(19)31-26-20-13-24(36-5)25(14-23(20)30-15-21(26)27(29)34)37-12-8-11-32(4)28(35)17(2)3/h7,9-10,13-15,17,33H,6,8,11-12,16H2,1-5H3,(H2,29,34)(H,30,31). The number of nitrogens with zero attached hydrogens (tertiary/aromatic N) is 2. The van der Waals surface area contributed by atoms with Gasteiger partial charge in [0, 0.05) is 42.8 Å². The number of ether oxygens (including phenoxy) is 2. The number of benzene rings is 2. The molecule has 4 N–H and O–H groups in total. The fraction of sp³-hybridized carbons (Fsp3) is 0.393. The molecule has 9 nitrogen and oxygen atoms in total. The minimum atomic E-state index is -0.618. The molecule has 3 rings (SSSR count). The molecule has 0 bridgehead atoms. The number of carbonyl (C=O) groups is 2. The van der Waals surface area contributed by atoms with Crippen LogP contribution in [0, 0.1) is 5.92 Å². The molecular weight excluding hydrogens is 472 g/mol. The Labute approximate surface area is 217 Å². The van der Waals surface area contributed by atoms with E-state index in [0.29, 0.717) is 54.1 Å². The molecule has 0 saturated carbocycles. The third-order valence-electron chi connectivity index (χ3n) is 6.24. The highest BCUT2D eigenvalue weighted by atomic mass is 16.5. The van der Waals surface area contributed by atoms with Gasteiger partial charge in [-0.25, -0.2) is 0 Å². The molecule has 2 aromatic carbocycles. The van der Waals surface area contributed by atoms with Crippen LogP contribution in [0.4, 0.5) is 11.4 Å². The molecule has 37 heavy (non-hydrogen) atoms. The van der Waals surface area contributed by atoms with Crippen LogP contribution in [0.1, 0.15) is 48.7 Å². The Hall–Kier alpha value is -3.85. The third kappa shape index (κ3) is 6.29. The maximum absolute atomic E-state index is 12.3. The van der Waals surface area contributed by atoms with E-state index in [-0.39, 0.29) is 24.0 Å². The number of amides is 2. The highest BCUT2D eigenvalue weighted by molar-refractivity contribution is 6.08. The Bertz CT molecular complexity index is 1280. The molecule has 0 fully saturated rings. The van der Waals surface area contributed by atoms with E-state index in [1.165, 1.54) is 6.20 Å². The lowest BCUT2D eigenvalue weighted by molar-refractivity contribution is -0.133. The van der Waals surface area contributed by atoms with Crippen LogP contribution in [0.25, 0.3) is 10.9 Å². The van der Waals surface area contributed by atoms with E-state index >= 15 is 0 Å². The lowest BCUT2D eigenvalue weighted by Crippen LogP contribution is -2.32. The number of fused-ring (bicyclic) bond motifs is 1. The second-order valence-corrected chi connectivity index (χ2v) is 9.13. The molecule has 0 spiro atoms. The van der Waals surface area contributed by atoms with E-state index in [1.54, 1.807) is 31.2 Å². The SMILES string of the molecule is CCc1c(CO)cccc1Nc1c(C(N)=O)cnc2cc(OCCCN(C)C(=O)C(C)C)c(OC)cc12. The van der Waals surface area contributed by atoms with E-state index in [2.05, 4.69) is 10.3 Å². The van der Waals surface area contributed by atoms with Gasteiger partial charge in [-0.15, -0.1) is 0 Å². The van der Waals surface area contributed by atoms with Crippen molar-refractivity contribution in [2.45, 2.75) is 40.2 Å².